The van der Waals surface area contributed by atoms with Crippen molar-refractivity contribution in [2.45, 2.75) is 5.16 Å². The van der Waals surface area contributed by atoms with Gasteiger partial charge in [-0.2, -0.15) is 8.99 Å². The summed E-state index contributed by atoms with van der Waals surface area (Å²) in [5.41, 5.74) is 2.34. The molecule has 0 spiro atoms. The highest BCUT2D eigenvalue weighted by atomic mass is 79.9. The van der Waals surface area contributed by atoms with Gasteiger partial charge in [0.15, 0.2) is 0 Å². The predicted molar refractivity (Wildman–Crippen MR) is 131 cm³/mol. The number of aromatic nitrogens is 4. The fraction of sp³-hybridized carbons (Fsp3) is 0.300. The number of nitrogens with zero attached hydrogens (tertiary/aromatic N) is 6. The number of hydrogen-bond donors (Lipinski definition) is 1. The summed E-state index contributed by atoms with van der Waals surface area (Å²) < 4.78 is 27.5. The van der Waals surface area contributed by atoms with E-state index in [1.54, 1.807) is 4.68 Å². The molecule has 10 nitrogen and oxygen atoms in total. The van der Waals surface area contributed by atoms with Crippen LogP contribution in [0.4, 0.5) is 11.4 Å². The molecule has 13 heteroatoms. The third-order valence-electron chi connectivity index (χ3n) is 5.07. The summed E-state index contributed by atoms with van der Waals surface area (Å²) in [7, 11) is -3.20. The number of anilines is 2. The Hall–Kier alpha value is -2.48. The number of sulfonamides is 1. The zero-order valence-corrected chi connectivity index (χ0v) is 21.0. The molecule has 1 amide bonds. The van der Waals surface area contributed by atoms with Gasteiger partial charge in [0.1, 0.15) is 0 Å². The van der Waals surface area contributed by atoms with E-state index in [1.165, 1.54) is 22.3 Å². The highest BCUT2D eigenvalue weighted by Gasteiger charge is 2.25. The van der Waals surface area contributed by atoms with Crippen LogP contribution < -0.4 is 10.2 Å². The van der Waals surface area contributed by atoms with Crippen LogP contribution in [-0.2, 0) is 14.8 Å². The van der Waals surface area contributed by atoms with Crippen LogP contribution in [0.1, 0.15) is 0 Å². The van der Waals surface area contributed by atoms with E-state index in [1.807, 2.05) is 48.5 Å². The third kappa shape index (κ3) is 5.91. The van der Waals surface area contributed by atoms with E-state index in [2.05, 4.69) is 41.7 Å². The van der Waals surface area contributed by atoms with Gasteiger partial charge in [-0.1, -0.05) is 39.8 Å². The summed E-state index contributed by atoms with van der Waals surface area (Å²) in [6, 6.07) is 15.1. The maximum Gasteiger partial charge on any atom is 0.234 e. The number of carbonyl (C=O) groups excluding carboxylic acids is 1. The standard InChI is InChI=1S/C20H22BrN7O3S2/c1-33(30,31)27-12-10-26(11-13-27)18-5-3-2-4-17(18)22-19(29)14-32-20-23-24-25-28(20)16-8-6-15(21)7-9-16/h2-9H,10-14H2,1H3,(H,22,29). The van der Waals surface area contributed by atoms with Crippen LogP contribution in [0.15, 0.2) is 58.2 Å². The maximum atomic E-state index is 12.7. The monoisotopic (exact) mass is 551 g/mol. The fourth-order valence-electron chi connectivity index (χ4n) is 3.45. The average Bonchev–Trinajstić information content (AvgIpc) is 3.27. The SMILES string of the molecule is CS(=O)(=O)N1CCN(c2ccccc2NC(=O)CSc2nnnn2-c2ccc(Br)cc2)CC1. The third-order valence-corrected chi connectivity index (χ3v) is 7.82. The molecular formula is C20H22BrN7O3S2. The van der Waals surface area contributed by atoms with Crippen LogP contribution in [0.2, 0.25) is 0 Å². The molecule has 1 aromatic heterocycles. The van der Waals surface area contributed by atoms with E-state index in [9.17, 15) is 13.2 Å². The van der Waals surface area contributed by atoms with Gasteiger partial charge in [-0.05, 0) is 46.8 Å². The second kappa shape index (κ2) is 10.2. The number of piperazine rings is 1. The molecule has 0 radical (unpaired) electrons. The van der Waals surface area contributed by atoms with Gasteiger partial charge < -0.3 is 10.2 Å². The predicted octanol–water partition coefficient (Wildman–Crippen LogP) is 2.24. The first-order chi connectivity index (χ1) is 15.8. The molecule has 0 bridgehead atoms. The molecule has 1 fully saturated rings. The van der Waals surface area contributed by atoms with Crippen molar-refractivity contribution in [1.29, 1.82) is 0 Å². The Morgan fingerprint density at radius 3 is 2.48 bits per heavy atom. The van der Waals surface area contributed by atoms with Crippen LogP contribution >= 0.6 is 27.7 Å². The minimum Gasteiger partial charge on any atom is -0.367 e. The second-order valence-corrected chi connectivity index (χ2v) is 11.2. The van der Waals surface area contributed by atoms with Crippen molar-refractivity contribution < 1.29 is 13.2 Å². The largest absolute Gasteiger partial charge is 0.367 e. The summed E-state index contributed by atoms with van der Waals surface area (Å²) in [5, 5.41) is 15.2. The van der Waals surface area contributed by atoms with Crippen LogP contribution in [0.5, 0.6) is 0 Å². The number of carbonyl (C=O) groups is 1. The summed E-state index contributed by atoms with van der Waals surface area (Å²) in [4.78, 5) is 14.8. The smallest absolute Gasteiger partial charge is 0.234 e. The van der Waals surface area contributed by atoms with E-state index in [0.29, 0.717) is 37.0 Å². The van der Waals surface area contributed by atoms with Crippen molar-refractivity contribution >= 4 is 55.0 Å². The Balaban J connectivity index is 1.39. The second-order valence-electron chi connectivity index (χ2n) is 7.35. The molecular weight excluding hydrogens is 530 g/mol. The van der Waals surface area contributed by atoms with Gasteiger partial charge in [-0.15, -0.1) is 5.10 Å². The minimum absolute atomic E-state index is 0.132. The number of halogens is 1. The molecule has 33 heavy (non-hydrogen) atoms. The summed E-state index contributed by atoms with van der Waals surface area (Å²) in [6.07, 6.45) is 1.22. The highest BCUT2D eigenvalue weighted by Crippen LogP contribution is 2.28. The van der Waals surface area contributed by atoms with Gasteiger partial charge in [0.05, 0.1) is 29.1 Å². The number of thioether (sulfide) groups is 1. The molecule has 4 rings (SSSR count). The first kappa shape index (κ1) is 23.7. The zero-order valence-electron chi connectivity index (χ0n) is 17.8. The van der Waals surface area contributed by atoms with Crippen molar-refractivity contribution in [3.63, 3.8) is 0 Å². The average molecular weight is 552 g/mol. The Labute approximate surface area is 204 Å². The van der Waals surface area contributed by atoms with Gasteiger partial charge >= 0.3 is 0 Å². The number of para-hydroxylation sites is 2. The number of benzene rings is 2. The zero-order chi connectivity index (χ0) is 23.4. The lowest BCUT2D eigenvalue weighted by Gasteiger charge is -2.35. The van der Waals surface area contributed by atoms with Gasteiger partial charge in [-0.25, -0.2) is 8.42 Å². The normalized spacial score (nSPS) is 14.9. The van der Waals surface area contributed by atoms with E-state index in [-0.39, 0.29) is 11.7 Å². The summed E-state index contributed by atoms with van der Waals surface area (Å²) >= 11 is 4.64. The number of tetrazole rings is 1. The van der Waals surface area contributed by atoms with Crippen LogP contribution in [0, 0.1) is 0 Å². The van der Waals surface area contributed by atoms with Crippen molar-refractivity contribution in [2.24, 2.45) is 0 Å². The molecule has 2 heterocycles. The Bertz CT molecular complexity index is 1230. The van der Waals surface area contributed by atoms with Crippen molar-refractivity contribution in [1.82, 2.24) is 24.5 Å². The molecule has 0 atom stereocenters. The summed E-state index contributed by atoms with van der Waals surface area (Å²) in [5.74, 6) is -0.0554. The van der Waals surface area contributed by atoms with Crippen molar-refractivity contribution in [3.05, 3.63) is 53.0 Å². The van der Waals surface area contributed by atoms with Crippen LogP contribution in [-0.4, -0.2) is 77.0 Å². The number of amides is 1. The molecule has 1 saturated heterocycles. The molecule has 1 aliphatic rings. The Morgan fingerprint density at radius 1 is 1.09 bits per heavy atom. The topological polar surface area (TPSA) is 113 Å². The molecule has 2 aromatic carbocycles. The number of rotatable bonds is 7. The molecule has 0 unspecified atom stereocenters. The van der Waals surface area contributed by atoms with Crippen LogP contribution in [0.3, 0.4) is 0 Å². The summed E-state index contributed by atoms with van der Waals surface area (Å²) in [6.45, 7) is 1.93. The van der Waals surface area contributed by atoms with E-state index >= 15 is 0 Å². The fourth-order valence-corrected chi connectivity index (χ4v) is 5.23. The van der Waals surface area contributed by atoms with E-state index < -0.39 is 10.0 Å². The number of hydrogen-bond acceptors (Lipinski definition) is 8. The van der Waals surface area contributed by atoms with Crippen LogP contribution in [0.25, 0.3) is 5.69 Å². The molecule has 174 valence electrons. The van der Waals surface area contributed by atoms with Crippen molar-refractivity contribution in [3.8, 4) is 5.69 Å². The highest BCUT2D eigenvalue weighted by molar-refractivity contribution is 9.10. The van der Waals surface area contributed by atoms with E-state index in [0.717, 1.165) is 15.8 Å². The van der Waals surface area contributed by atoms with Gasteiger partial charge in [0, 0.05) is 30.7 Å². The Kier molecular flexibility index (Phi) is 7.32. The first-order valence-corrected chi connectivity index (χ1v) is 13.7. The molecule has 3 aromatic rings. The van der Waals surface area contributed by atoms with Gasteiger partial charge in [0.25, 0.3) is 0 Å². The quantitative estimate of drug-likeness (QED) is 0.444. The molecule has 0 aliphatic carbocycles. The van der Waals surface area contributed by atoms with Gasteiger partial charge in [0.2, 0.25) is 21.1 Å². The maximum absolute atomic E-state index is 12.7. The van der Waals surface area contributed by atoms with Gasteiger partial charge in [-0.3, -0.25) is 4.79 Å². The first-order valence-electron chi connectivity index (χ1n) is 10.1. The molecule has 1 N–H and O–H groups in total. The molecule has 1 aliphatic heterocycles. The van der Waals surface area contributed by atoms with E-state index in [4.69, 9.17) is 0 Å². The number of nitrogens with one attached hydrogen (secondary N) is 1. The minimum atomic E-state index is -3.20. The lowest BCUT2D eigenvalue weighted by atomic mass is 10.2. The lowest BCUT2D eigenvalue weighted by molar-refractivity contribution is -0.113. The Morgan fingerprint density at radius 2 is 1.79 bits per heavy atom. The van der Waals surface area contributed by atoms with Crippen molar-refractivity contribution in [2.75, 3.05) is 48.4 Å². The molecule has 0 saturated carbocycles. The lowest BCUT2D eigenvalue weighted by Crippen LogP contribution is -2.48.